The zero-order valence-corrected chi connectivity index (χ0v) is 10.6. The summed E-state index contributed by atoms with van der Waals surface area (Å²) in [5.41, 5.74) is 0.818. The highest BCUT2D eigenvalue weighted by Crippen LogP contribution is 2.22. The first kappa shape index (κ1) is 12.1. The van der Waals surface area contributed by atoms with Crippen molar-refractivity contribution in [1.29, 1.82) is 0 Å². The van der Waals surface area contributed by atoms with Crippen molar-refractivity contribution in [3.05, 3.63) is 35.5 Å². The van der Waals surface area contributed by atoms with Crippen molar-refractivity contribution in [2.45, 2.75) is 20.1 Å². The smallest absolute Gasteiger partial charge is 0.196 e. The summed E-state index contributed by atoms with van der Waals surface area (Å²) in [5, 5.41) is 1.51. The maximum absolute atomic E-state index is 5.85. The molecule has 0 aliphatic carbocycles. The molecule has 0 saturated heterocycles. The van der Waals surface area contributed by atoms with Crippen molar-refractivity contribution < 1.29 is 9.47 Å². The monoisotopic (exact) mass is 251 g/mol. The van der Waals surface area contributed by atoms with Gasteiger partial charge in [0.2, 0.25) is 0 Å². The fourth-order valence-electron chi connectivity index (χ4n) is 1.61. The molecule has 0 radical (unpaired) electrons. The van der Waals surface area contributed by atoms with Crippen LogP contribution in [0.5, 0.6) is 5.75 Å². The molecule has 0 saturated carbocycles. The topological polar surface area (TPSA) is 31.4 Å². The highest BCUT2D eigenvalue weighted by molar-refractivity contribution is 6.29. The van der Waals surface area contributed by atoms with Crippen LogP contribution in [0.2, 0.25) is 5.15 Å². The van der Waals surface area contributed by atoms with Crippen molar-refractivity contribution in [2.75, 3.05) is 6.61 Å². The number of benzene rings is 1. The lowest BCUT2D eigenvalue weighted by atomic mass is 10.2. The Bertz CT molecular complexity index is 516. The van der Waals surface area contributed by atoms with E-state index in [1.165, 1.54) is 0 Å². The molecule has 1 aromatic carbocycles. The van der Waals surface area contributed by atoms with E-state index in [0.717, 1.165) is 16.7 Å². The molecule has 1 unspecified atom stereocenters. The van der Waals surface area contributed by atoms with Crippen LogP contribution in [0.15, 0.2) is 30.3 Å². The fraction of sp³-hybridized carbons (Fsp3) is 0.308. The highest BCUT2D eigenvalue weighted by Gasteiger charge is 2.04. The second-order valence-corrected chi connectivity index (χ2v) is 4.02. The third-order valence-electron chi connectivity index (χ3n) is 2.33. The maximum atomic E-state index is 5.85. The van der Waals surface area contributed by atoms with Gasteiger partial charge in [0.1, 0.15) is 10.9 Å². The lowest BCUT2D eigenvalue weighted by Crippen LogP contribution is -2.15. The number of hydrogen-bond acceptors (Lipinski definition) is 3. The zero-order chi connectivity index (χ0) is 12.3. The third-order valence-corrected chi connectivity index (χ3v) is 2.54. The summed E-state index contributed by atoms with van der Waals surface area (Å²) in [6.45, 7) is 4.42. The van der Waals surface area contributed by atoms with Crippen molar-refractivity contribution in [1.82, 2.24) is 4.98 Å². The summed E-state index contributed by atoms with van der Waals surface area (Å²) >= 11 is 5.85. The average molecular weight is 252 g/mol. The lowest BCUT2D eigenvalue weighted by molar-refractivity contribution is -0.0612. The van der Waals surface area contributed by atoms with E-state index in [0.29, 0.717) is 11.8 Å². The molecule has 0 aliphatic rings. The molecule has 1 heterocycles. The maximum Gasteiger partial charge on any atom is 0.196 e. The Labute approximate surface area is 105 Å². The number of aromatic nitrogens is 1. The largest absolute Gasteiger partial charge is 0.465 e. The first-order valence-corrected chi connectivity index (χ1v) is 5.91. The highest BCUT2D eigenvalue weighted by atomic mass is 35.5. The Hall–Kier alpha value is -1.32. The number of ether oxygens (including phenoxy) is 2. The molecule has 3 nitrogen and oxygen atoms in total. The van der Waals surface area contributed by atoms with Crippen LogP contribution in [-0.4, -0.2) is 17.9 Å². The van der Waals surface area contributed by atoms with Gasteiger partial charge in [-0.25, -0.2) is 4.98 Å². The standard InChI is InChI=1S/C13H14ClNO2/c1-3-16-9(2)17-11-6-4-10-5-7-13(14)15-12(10)8-11/h4-9H,3H2,1-2H3. The van der Waals surface area contributed by atoms with Gasteiger partial charge in [0, 0.05) is 18.1 Å². The van der Waals surface area contributed by atoms with E-state index < -0.39 is 0 Å². The molecule has 90 valence electrons. The Kier molecular flexibility index (Phi) is 3.82. The van der Waals surface area contributed by atoms with Crippen LogP contribution < -0.4 is 4.74 Å². The second kappa shape index (κ2) is 5.34. The van der Waals surface area contributed by atoms with Gasteiger partial charge in [0.25, 0.3) is 0 Å². The van der Waals surface area contributed by atoms with Crippen LogP contribution in [0.4, 0.5) is 0 Å². The Morgan fingerprint density at radius 2 is 2.06 bits per heavy atom. The number of fused-ring (bicyclic) bond motifs is 1. The molecule has 2 rings (SSSR count). The first-order chi connectivity index (χ1) is 8.19. The van der Waals surface area contributed by atoms with E-state index in [4.69, 9.17) is 21.1 Å². The summed E-state index contributed by atoms with van der Waals surface area (Å²) in [6.07, 6.45) is -0.267. The van der Waals surface area contributed by atoms with Gasteiger partial charge in [-0.15, -0.1) is 0 Å². The van der Waals surface area contributed by atoms with E-state index in [1.807, 2.05) is 38.1 Å². The summed E-state index contributed by atoms with van der Waals surface area (Å²) in [5.74, 6) is 0.730. The molecule has 2 aromatic rings. The predicted molar refractivity (Wildman–Crippen MR) is 68.5 cm³/mol. The van der Waals surface area contributed by atoms with Crippen LogP contribution in [0, 0.1) is 0 Å². The number of nitrogens with zero attached hydrogens (tertiary/aromatic N) is 1. The number of pyridine rings is 1. The predicted octanol–water partition coefficient (Wildman–Crippen LogP) is 3.65. The van der Waals surface area contributed by atoms with Gasteiger partial charge in [0.05, 0.1) is 5.52 Å². The summed E-state index contributed by atoms with van der Waals surface area (Å²) in [4.78, 5) is 4.23. The molecule has 1 aromatic heterocycles. The van der Waals surface area contributed by atoms with Gasteiger partial charge < -0.3 is 9.47 Å². The average Bonchev–Trinajstić information content (AvgIpc) is 2.28. The van der Waals surface area contributed by atoms with Crippen molar-refractivity contribution in [2.24, 2.45) is 0 Å². The Morgan fingerprint density at radius 1 is 1.29 bits per heavy atom. The molecule has 1 atom stereocenters. The van der Waals surface area contributed by atoms with Crippen molar-refractivity contribution in [3.63, 3.8) is 0 Å². The molecule has 17 heavy (non-hydrogen) atoms. The van der Waals surface area contributed by atoms with Crippen LogP contribution in [-0.2, 0) is 4.74 Å². The van der Waals surface area contributed by atoms with Crippen molar-refractivity contribution >= 4 is 22.5 Å². The van der Waals surface area contributed by atoms with Crippen LogP contribution >= 0.6 is 11.6 Å². The summed E-state index contributed by atoms with van der Waals surface area (Å²) in [6, 6.07) is 9.41. The second-order valence-electron chi connectivity index (χ2n) is 3.63. The van der Waals surface area contributed by atoms with E-state index >= 15 is 0 Å². The molecule has 0 amide bonds. The van der Waals surface area contributed by atoms with Gasteiger partial charge in [-0.1, -0.05) is 11.6 Å². The first-order valence-electron chi connectivity index (χ1n) is 5.53. The van der Waals surface area contributed by atoms with Gasteiger partial charge in [-0.3, -0.25) is 0 Å². The molecule has 4 heteroatoms. The SMILES string of the molecule is CCOC(C)Oc1ccc2ccc(Cl)nc2c1. The van der Waals surface area contributed by atoms with Gasteiger partial charge in [0.15, 0.2) is 6.29 Å². The quantitative estimate of drug-likeness (QED) is 0.614. The number of halogens is 1. The minimum absolute atomic E-state index is 0.267. The molecule has 0 aliphatic heterocycles. The molecule has 0 fully saturated rings. The van der Waals surface area contributed by atoms with E-state index in [1.54, 1.807) is 6.07 Å². The summed E-state index contributed by atoms with van der Waals surface area (Å²) < 4.78 is 10.9. The lowest BCUT2D eigenvalue weighted by Gasteiger charge is -2.14. The van der Waals surface area contributed by atoms with Crippen LogP contribution in [0.1, 0.15) is 13.8 Å². The molecule has 0 N–H and O–H groups in total. The van der Waals surface area contributed by atoms with Gasteiger partial charge in [-0.2, -0.15) is 0 Å². The minimum atomic E-state index is -0.267. The van der Waals surface area contributed by atoms with E-state index in [-0.39, 0.29) is 6.29 Å². The third kappa shape index (κ3) is 3.08. The van der Waals surface area contributed by atoms with Crippen LogP contribution in [0.25, 0.3) is 10.9 Å². The molecule has 0 bridgehead atoms. The van der Waals surface area contributed by atoms with Crippen molar-refractivity contribution in [3.8, 4) is 5.75 Å². The zero-order valence-electron chi connectivity index (χ0n) is 9.81. The Morgan fingerprint density at radius 3 is 2.82 bits per heavy atom. The van der Waals surface area contributed by atoms with Gasteiger partial charge >= 0.3 is 0 Å². The number of hydrogen-bond donors (Lipinski definition) is 0. The number of rotatable bonds is 4. The molecule has 0 spiro atoms. The minimum Gasteiger partial charge on any atom is -0.465 e. The molecular formula is C13H14ClNO2. The van der Waals surface area contributed by atoms with Crippen LogP contribution in [0.3, 0.4) is 0 Å². The summed E-state index contributed by atoms with van der Waals surface area (Å²) in [7, 11) is 0. The Balaban J connectivity index is 2.24. The fourth-order valence-corrected chi connectivity index (χ4v) is 1.76. The normalized spacial score (nSPS) is 12.6. The van der Waals surface area contributed by atoms with E-state index in [2.05, 4.69) is 4.98 Å². The van der Waals surface area contributed by atoms with E-state index in [9.17, 15) is 0 Å². The van der Waals surface area contributed by atoms with Gasteiger partial charge in [-0.05, 0) is 38.1 Å². The molecular weight excluding hydrogens is 238 g/mol.